The van der Waals surface area contributed by atoms with Gasteiger partial charge in [0.25, 0.3) is 0 Å². The highest BCUT2D eigenvalue weighted by molar-refractivity contribution is 5.35. The molecule has 0 bridgehead atoms. The monoisotopic (exact) mass is 222 g/mol. The summed E-state index contributed by atoms with van der Waals surface area (Å²) in [6, 6.07) is 2.09. The van der Waals surface area contributed by atoms with Gasteiger partial charge in [-0.15, -0.1) is 0 Å². The van der Waals surface area contributed by atoms with Gasteiger partial charge in [0.15, 0.2) is 0 Å². The van der Waals surface area contributed by atoms with Gasteiger partial charge >= 0.3 is 0 Å². The summed E-state index contributed by atoms with van der Waals surface area (Å²) in [5, 5.41) is 3.42. The summed E-state index contributed by atoms with van der Waals surface area (Å²) in [6.45, 7) is 10.3. The van der Waals surface area contributed by atoms with Gasteiger partial charge in [-0.25, -0.2) is 4.98 Å². The molecular weight excluding hydrogens is 200 g/mol. The van der Waals surface area contributed by atoms with Gasteiger partial charge in [0.05, 0.1) is 7.11 Å². The van der Waals surface area contributed by atoms with Crippen molar-refractivity contribution in [3.05, 3.63) is 22.9 Å². The van der Waals surface area contributed by atoms with Crippen LogP contribution in [0.3, 0.4) is 0 Å². The quantitative estimate of drug-likeness (QED) is 0.831. The smallest absolute Gasteiger partial charge is 0.218 e. The van der Waals surface area contributed by atoms with Gasteiger partial charge in [0, 0.05) is 17.8 Å². The van der Waals surface area contributed by atoms with E-state index in [0.29, 0.717) is 5.92 Å². The van der Waals surface area contributed by atoms with Crippen LogP contribution in [0.1, 0.15) is 30.7 Å². The Balaban J connectivity index is 2.77. The van der Waals surface area contributed by atoms with Crippen LogP contribution in [0.5, 0.6) is 5.88 Å². The zero-order chi connectivity index (χ0) is 12.1. The number of hydrogen-bond acceptors (Lipinski definition) is 3. The van der Waals surface area contributed by atoms with Gasteiger partial charge < -0.3 is 10.1 Å². The number of aryl methyl sites for hydroxylation is 2. The first kappa shape index (κ1) is 13.0. The minimum Gasteiger partial charge on any atom is -0.481 e. The predicted molar refractivity (Wildman–Crippen MR) is 66.8 cm³/mol. The van der Waals surface area contributed by atoms with Crippen LogP contribution in [0.25, 0.3) is 0 Å². The first-order valence-electron chi connectivity index (χ1n) is 5.76. The summed E-state index contributed by atoms with van der Waals surface area (Å²) in [6.07, 6.45) is 0. The van der Waals surface area contributed by atoms with Crippen LogP contribution in [0, 0.1) is 19.8 Å². The van der Waals surface area contributed by atoms with Crippen molar-refractivity contribution < 1.29 is 4.74 Å². The van der Waals surface area contributed by atoms with E-state index in [1.165, 1.54) is 5.56 Å². The van der Waals surface area contributed by atoms with Crippen molar-refractivity contribution in [1.29, 1.82) is 0 Å². The van der Waals surface area contributed by atoms with Gasteiger partial charge in [0.2, 0.25) is 5.88 Å². The predicted octanol–water partition coefficient (Wildman–Crippen LogP) is 2.45. The van der Waals surface area contributed by atoms with Crippen molar-refractivity contribution in [2.45, 2.75) is 34.2 Å². The summed E-state index contributed by atoms with van der Waals surface area (Å²) in [5.74, 6) is 1.40. The molecule has 1 aromatic rings. The number of ether oxygens (including phenoxy) is 1. The van der Waals surface area contributed by atoms with Crippen molar-refractivity contribution in [2.75, 3.05) is 13.7 Å². The fraction of sp³-hybridized carbons (Fsp3) is 0.615. The van der Waals surface area contributed by atoms with Crippen LogP contribution in [-0.2, 0) is 6.54 Å². The molecule has 90 valence electrons. The lowest BCUT2D eigenvalue weighted by Crippen LogP contribution is -2.20. The van der Waals surface area contributed by atoms with Crippen molar-refractivity contribution in [3.8, 4) is 5.88 Å². The largest absolute Gasteiger partial charge is 0.481 e. The Morgan fingerprint density at radius 3 is 2.62 bits per heavy atom. The fourth-order valence-electron chi connectivity index (χ4n) is 1.70. The van der Waals surface area contributed by atoms with E-state index in [-0.39, 0.29) is 0 Å². The van der Waals surface area contributed by atoms with Crippen LogP contribution in [0.4, 0.5) is 0 Å². The number of hydrogen-bond donors (Lipinski definition) is 1. The molecule has 0 aliphatic heterocycles. The van der Waals surface area contributed by atoms with Crippen LogP contribution >= 0.6 is 0 Å². The normalized spacial score (nSPS) is 10.9. The Kier molecular flexibility index (Phi) is 4.74. The van der Waals surface area contributed by atoms with Gasteiger partial charge in [-0.05, 0) is 37.9 Å². The number of rotatable bonds is 5. The molecule has 1 N–H and O–H groups in total. The van der Waals surface area contributed by atoms with E-state index in [1.807, 2.05) is 6.92 Å². The van der Waals surface area contributed by atoms with E-state index >= 15 is 0 Å². The van der Waals surface area contributed by atoms with Gasteiger partial charge in [-0.2, -0.15) is 0 Å². The van der Waals surface area contributed by atoms with Crippen LogP contribution in [0.15, 0.2) is 6.07 Å². The molecule has 0 saturated carbocycles. The van der Waals surface area contributed by atoms with Gasteiger partial charge in [-0.1, -0.05) is 13.8 Å². The second kappa shape index (κ2) is 5.85. The molecule has 0 aliphatic rings. The SMILES string of the molecule is COc1nc(C)cc(C)c1CNCC(C)C. The summed E-state index contributed by atoms with van der Waals surface area (Å²) >= 11 is 0. The Bertz CT molecular complexity index is 348. The first-order valence-corrected chi connectivity index (χ1v) is 5.76. The standard InChI is InChI=1S/C13H22N2O/c1-9(2)7-14-8-12-10(3)6-11(4)15-13(12)16-5/h6,9,14H,7-8H2,1-5H3. The number of methoxy groups -OCH3 is 1. The average molecular weight is 222 g/mol. The molecule has 1 aromatic heterocycles. The summed E-state index contributed by atoms with van der Waals surface area (Å²) in [7, 11) is 1.67. The number of nitrogens with zero attached hydrogens (tertiary/aromatic N) is 1. The molecule has 1 heterocycles. The minimum absolute atomic E-state index is 0.657. The molecular formula is C13H22N2O. The molecule has 0 atom stereocenters. The third-order valence-electron chi connectivity index (χ3n) is 2.49. The Morgan fingerprint density at radius 2 is 2.06 bits per heavy atom. The molecule has 0 aromatic carbocycles. The number of pyridine rings is 1. The van der Waals surface area contributed by atoms with E-state index < -0.39 is 0 Å². The van der Waals surface area contributed by atoms with E-state index in [4.69, 9.17) is 4.74 Å². The highest BCUT2D eigenvalue weighted by atomic mass is 16.5. The molecule has 0 saturated heterocycles. The van der Waals surface area contributed by atoms with Crippen molar-refractivity contribution in [3.63, 3.8) is 0 Å². The summed E-state index contributed by atoms with van der Waals surface area (Å²) in [4.78, 5) is 4.39. The minimum atomic E-state index is 0.657. The van der Waals surface area contributed by atoms with Gasteiger partial charge in [0.1, 0.15) is 0 Å². The van der Waals surface area contributed by atoms with Crippen LogP contribution in [0.2, 0.25) is 0 Å². The lowest BCUT2D eigenvalue weighted by Gasteiger charge is -2.13. The maximum absolute atomic E-state index is 5.31. The van der Waals surface area contributed by atoms with E-state index in [0.717, 1.165) is 30.2 Å². The molecule has 3 heteroatoms. The van der Waals surface area contributed by atoms with Crippen molar-refractivity contribution in [1.82, 2.24) is 10.3 Å². The average Bonchev–Trinajstić information content (AvgIpc) is 2.20. The van der Waals surface area contributed by atoms with E-state index in [1.54, 1.807) is 7.11 Å². The molecule has 0 unspecified atom stereocenters. The zero-order valence-electron chi connectivity index (χ0n) is 10.9. The Labute approximate surface area is 98.2 Å². The second-order valence-electron chi connectivity index (χ2n) is 4.59. The lowest BCUT2D eigenvalue weighted by molar-refractivity contribution is 0.388. The first-order chi connectivity index (χ1) is 7.54. The highest BCUT2D eigenvalue weighted by Gasteiger charge is 2.08. The molecule has 0 spiro atoms. The molecule has 1 rings (SSSR count). The molecule has 16 heavy (non-hydrogen) atoms. The highest BCUT2D eigenvalue weighted by Crippen LogP contribution is 2.20. The molecule has 0 amide bonds. The zero-order valence-corrected chi connectivity index (χ0v) is 10.9. The number of nitrogens with one attached hydrogen (secondary N) is 1. The molecule has 0 radical (unpaired) electrons. The number of aromatic nitrogens is 1. The van der Waals surface area contributed by atoms with Crippen molar-refractivity contribution >= 4 is 0 Å². The van der Waals surface area contributed by atoms with Crippen LogP contribution in [-0.4, -0.2) is 18.6 Å². The maximum atomic E-state index is 5.31. The Hall–Kier alpha value is -1.09. The Morgan fingerprint density at radius 1 is 1.38 bits per heavy atom. The molecule has 0 aliphatic carbocycles. The third-order valence-corrected chi connectivity index (χ3v) is 2.49. The molecule has 3 nitrogen and oxygen atoms in total. The van der Waals surface area contributed by atoms with E-state index in [9.17, 15) is 0 Å². The van der Waals surface area contributed by atoms with E-state index in [2.05, 4.69) is 37.1 Å². The van der Waals surface area contributed by atoms with Gasteiger partial charge in [-0.3, -0.25) is 0 Å². The van der Waals surface area contributed by atoms with Crippen molar-refractivity contribution in [2.24, 2.45) is 5.92 Å². The second-order valence-corrected chi connectivity index (χ2v) is 4.59. The fourth-order valence-corrected chi connectivity index (χ4v) is 1.70. The topological polar surface area (TPSA) is 34.1 Å². The summed E-state index contributed by atoms with van der Waals surface area (Å²) in [5.41, 5.74) is 3.40. The third kappa shape index (κ3) is 3.49. The maximum Gasteiger partial charge on any atom is 0.218 e. The molecule has 0 fully saturated rings. The van der Waals surface area contributed by atoms with Crippen LogP contribution < -0.4 is 10.1 Å². The summed E-state index contributed by atoms with van der Waals surface area (Å²) < 4.78 is 5.31. The lowest BCUT2D eigenvalue weighted by atomic mass is 10.1.